The monoisotopic (exact) mass is 381 g/mol. The van der Waals surface area contributed by atoms with Crippen LogP contribution in [0, 0.1) is 5.92 Å². The summed E-state index contributed by atoms with van der Waals surface area (Å²) in [7, 11) is 3.29. The van der Waals surface area contributed by atoms with Crippen LogP contribution in [-0.4, -0.2) is 54.7 Å². The Labute approximate surface area is 156 Å². The zero-order valence-corrected chi connectivity index (χ0v) is 16.0. The molecule has 0 aliphatic rings. The Morgan fingerprint density at radius 1 is 1.19 bits per heavy atom. The van der Waals surface area contributed by atoms with Crippen molar-refractivity contribution >= 4 is 35.6 Å². The highest BCUT2D eigenvalue weighted by Crippen LogP contribution is 2.24. The molecule has 1 unspecified atom stereocenters. The first-order valence-electron chi connectivity index (χ1n) is 7.86. The smallest absolute Gasteiger partial charge is 0.340 e. The van der Waals surface area contributed by atoms with Gasteiger partial charge >= 0.3 is 12.0 Å². The molecule has 4 amide bonds. The molecule has 0 saturated carbocycles. The molecule has 0 aliphatic heterocycles. The first kappa shape index (κ1) is 21.5. The number of primary amides is 1. The van der Waals surface area contributed by atoms with Crippen LogP contribution in [0.1, 0.15) is 24.2 Å². The first-order valence-corrected chi connectivity index (χ1v) is 8.85. The van der Waals surface area contributed by atoms with Crippen LogP contribution in [0.15, 0.2) is 29.2 Å². The van der Waals surface area contributed by atoms with E-state index in [2.05, 4.69) is 0 Å². The highest BCUT2D eigenvalue weighted by molar-refractivity contribution is 8.00. The highest BCUT2D eigenvalue weighted by Gasteiger charge is 2.28. The molecule has 0 aromatic heterocycles. The van der Waals surface area contributed by atoms with E-state index in [1.165, 1.54) is 16.7 Å². The summed E-state index contributed by atoms with van der Waals surface area (Å²) < 4.78 is 5.29. The number of nitrogens with one attached hydrogen (secondary N) is 1. The number of carbonyl (C=O) groups is 4. The van der Waals surface area contributed by atoms with E-state index in [-0.39, 0.29) is 23.1 Å². The molecule has 0 aliphatic carbocycles. The van der Waals surface area contributed by atoms with Crippen molar-refractivity contribution in [1.82, 2.24) is 10.2 Å². The second kappa shape index (κ2) is 9.81. The van der Waals surface area contributed by atoms with Crippen LogP contribution in [0.3, 0.4) is 0 Å². The number of amides is 4. The number of benzene rings is 1. The number of urea groups is 1. The van der Waals surface area contributed by atoms with Gasteiger partial charge in [0.05, 0.1) is 11.3 Å². The van der Waals surface area contributed by atoms with E-state index in [9.17, 15) is 19.2 Å². The molecule has 1 atom stereocenters. The van der Waals surface area contributed by atoms with E-state index >= 15 is 0 Å². The lowest BCUT2D eigenvalue weighted by Gasteiger charge is -2.20. The zero-order chi connectivity index (χ0) is 19.9. The van der Waals surface area contributed by atoms with Gasteiger partial charge in [-0.05, 0) is 18.1 Å². The van der Waals surface area contributed by atoms with Crippen LogP contribution in [0.4, 0.5) is 4.79 Å². The number of imide groups is 1. The fourth-order valence-electron chi connectivity index (χ4n) is 1.89. The number of ether oxygens (including phenoxy) is 1. The van der Waals surface area contributed by atoms with E-state index in [1.54, 1.807) is 52.2 Å². The molecule has 3 N–H and O–H groups in total. The standard InChI is InChI=1S/C17H23N3O5S/c1-10(2)14(15(22)19-17(18)24)25-16(23)11-7-5-6-8-12(11)26-9-13(21)20(3)4/h5-8,10,14H,9H2,1-4H3,(H3,18,19,22,24). The molecule has 1 rings (SSSR count). The lowest BCUT2D eigenvalue weighted by Crippen LogP contribution is -2.45. The van der Waals surface area contributed by atoms with Gasteiger partial charge < -0.3 is 15.4 Å². The summed E-state index contributed by atoms with van der Waals surface area (Å²) in [5, 5.41) is 1.92. The number of carbonyl (C=O) groups excluding carboxylic acids is 4. The number of rotatable bonds is 7. The van der Waals surface area contributed by atoms with Crippen molar-refractivity contribution in [1.29, 1.82) is 0 Å². The average Bonchev–Trinajstić information content (AvgIpc) is 2.56. The maximum absolute atomic E-state index is 12.5. The quantitative estimate of drug-likeness (QED) is 0.542. The molecule has 0 radical (unpaired) electrons. The summed E-state index contributed by atoms with van der Waals surface area (Å²) in [5.74, 6) is -1.81. The lowest BCUT2D eigenvalue weighted by atomic mass is 10.1. The van der Waals surface area contributed by atoms with Gasteiger partial charge in [-0.15, -0.1) is 11.8 Å². The number of nitrogens with zero attached hydrogens (tertiary/aromatic N) is 1. The van der Waals surface area contributed by atoms with E-state index in [4.69, 9.17) is 10.5 Å². The van der Waals surface area contributed by atoms with Crippen molar-refractivity contribution in [3.05, 3.63) is 29.8 Å². The van der Waals surface area contributed by atoms with Crippen molar-refractivity contribution in [2.75, 3.05) is 19.8 Å². The third-order valence-corrected chi connectivity index (χ3v) is 4.36. The van der Waals surface area contributed by atoms with Gasteiger partial charge in [0.15, 0.2) is 6.10 Å². The van der Waals surface area contributed by atoms with Crippen LogP contribution >= 0.6 is 11.8 Å². The van der Waals surface area contributed by atoms with Crippen molar-refractivity contribution in [3.8, 4) is 0 Å². The second-order valence-electron chi connectivity index (χ2n) is 6.00. The topological polar surface area (TPSA) is 119 Å². The van der Waals surface area contributed by atoms with Gasteiger partial charge in [0.25, 0.3) is 5.91 Å². The minimum absolute atomic E-state index is 0.0981. The van der Waals surface area contributed by atoms with E-state index in [0.29, 0.717) is 4.90 Å². The molecule has 8 nitrogen and oxygen atoms in total. The summed E-state index contributed by atoms with van der Waals surface area (Å²) in [6.07, 6.45) is -1.17. The van der Waals surface area contributed by atoms with Gasteiger partial charge in [-0.3, -0.25) is 14.9 Å². The fourth-order valence-corrected chi connectivity index (χ4v) is 2.91. The molecular weight excluding hydrogens is 358 g/mol. The fraction of sp³-hybridized carbons (Fsp3) is 0.412. The van der Waals surface area contributed by atoms with Crippen LogP contribution in [0.2, 0.25) is 0 Å². The molecule has 142 valence electrons. The van der Waals surface area contributed by atoms with E-state index in [1.807, 2.05) is 5.32 Å². The Morgan fingerprint density at radius 3 is 2.35 bits per heavy atom. The minimum atomic E-state index is -1.17. The van der Waals surface area contributed by atoms with Crippen molar-refractivity contribution in [3.63, 3.8) is 0 Å². The maximum atomic E-state index is 12.5. The van der Waals surface area contributed by atoms with Crippen molar-refractivity contribution in [2.45, 2.75) is 24.8 Å². The van der Waals surface area contributed by atoms with Gasteiger partial charge in [-0.1, -0.05) is 26.0 Å². The predicted octanol–water partition coefficient (Wildman–Crippen LogP) is 1.24. The van der Waals surface area contributed by atoms with Crippen LogP contribution in [0.5, 0.6) is 0 Å². The molecule has 0 heterocycles. The lowest BCUT2D eigenvalue weighted by molar-refractivity contribution is -0.131. The normalized spacial score (nSPS) is 11.6. The molecule has 0 saturated heterocycles. The van der Waals surface area contributed by atoms with Crippen LogP contribution in [-0.2, 0) is 14.3 Å². The number of esters is 1. The number of thioether (sulfide) groups is 1. The zero-order valence-electron chi connectivity index (χ0n) is 15.1. The highest BCUT2D eigenvalue weighted by atomic mass is 32.2. The molecule has 0 fully saturated rings. The third kappa shape index (κ3) is 6.40. The molecule has 1 aromatic rings. The summed E-state index contributed by atoms with van der Waals surface area (Å²) in [4.78, 5) is 49.1. The Morgan fingerprint density at radius 2 is 1.81 bits per heavy atom. The van der Waals surface area contributed by atoms with Gasteiger partial charge in [0.2, 0.25) is 5.91 Å². The molecule has 0 bridgehead atoms. The maximum Gasteiger partial charge on any atom is 0.340 e. The summed E-state index contributed by atoms with van der Waals surface area (Å²) in [6.45, 7) is 3.35. The van der Waals surface area contributed by atoms with E-state index < -0.39 is 24.0 Å². The number of nitrogens with two attached hydrogens (primary N) is 1. The predicted molar refractivity (Wildman–Crippen MR) is 97.6 cm³/mol. The van der Waals surface area contributed by atoms with Gasteiger partial charge in [-0.25, -0.2) is 9.59 Å². The first-order chi connectivity index (χ1) is 12.1. The van der Waals surface area contributed by atoms with Gasteiger partial charge in [0, 0.05) is 19.0 Å². The Balaban J connectivity index is 2.93. The largest absolute Gasteiger partial charge is 0.448 e. The summed E-state index contributed by atoms with van der Waals surface area (Å²) in [5.41, 5.74) is 5.18. The van der Waals surface area contributed by atoms with Crippen molar-refractivity contribution < 1.29 is 23.9 Å². The Bertz CT molecular complexity index is 691. The van der Waals surface area contributed by atoms with E-state index in [0.717, 1.165) is 0 Å². The number of hydrogen-bond donors (Lipinski definition) is 2. The summed E-state index contributed by atoms with van der Waals surface area (Å²) in [6, 6.07) is 5.61. The molecule has 1 aromatic carbocycles. The molecule has 9 heteroatoms. The third-order valence-electron chi connectivity index (χ3n) is 3.30. The number of hydrogen-bond acceptors (Lipinski definition) is 6. The minimum Gasteiger partial charge on any atom is -0.448 e. The van der Waals surface area contributed by atoms with Gasteiger partial charge in [0.1, 0.15) is 0 Å². The molecule has 0 spiro atoms. The van der Waals surface area contributed by atoms with Gasteiger partial charge in [-0.2, -0.15) is 0 Å². The summed E-state index contributed by atoms with van der Waals surface area (Å²) >= 11 is 1.20. The van der Waals surface area contributed by atoms with Crippen LogP contribution in [0.25, 0.3) is 0 Å². The Kier molecular flexibility index (Phi) is 8.11. The molecular formula is C17H23N3O5S. The average molecular weight is 381 g/mol. The Hall–Kier alpha value is -2.55. The SMILES string of the molecule is CC(C)C(OC(=O)c1ccccc1SCC(=O)N(C)C)C(=O)NC(N)=O. The second-order valence-corrected chi connectivity index (χ2v) is 7.01. The van der Waals surface area contributed by atoms with Crippen LogP contribution < -0.4 is 11.1 Å². The van der Waals surface area contributed by atoms with Crippen molar-refractivity contribution in [2.24, 2.45) is 11.7 Å². The molecule has 26 heavy (non-hydrogen) atoms.